The van der Waals surface area contributed by atoms with Crippen molar-refractivity contribution < 1.29 is 19.8 Å². The van der Waals surface area contributed by atoms with Gasteiger partial charge in [-0.1, -0.05) is 0 Å². The van der Waals surface area contributed by atoms with E-state index in [0.717, 1.165) is 0 Å². The molecule has 2 unspecified atom stereocenters. The normalized spacial score (nSPS) is 15.2. The molecule has 4 N–H and O–H groups in total. The van der Waals surface area contributed by atoms with Gasteiger partial charge in [0.05, 0.1) is 6.10 Å². The fraction of sp³-hybridized carbons (Fsp3) is 0.714. The summed E-state index contributed by atoms with van der Waals surface area (Å²) in [5.41, 5.74) is 4.71. The van der Waals surface area contributed by atoms with Crippen molar-refractivity contribution in [2.75, 3.05) is 0 Å². The molecule has 0 heterocycles. The van der Waals surface area contributed by atoms with Gasteiger partial charge in [-0.05, 0) is 13.3 Å². The van der Waals surface area contributed by atoms with Crippen molar-refractivity contribution in [3.63, 3.8) is 0 Å². The smallest absolute Gasteiger partial charge is 0.248 e. The van der Waals surface area contributed by atoms with Crippen molar-refractivity contribution in [1.82, 2.24) is 0 Å². The Hall–Kier alpha value is -0.940. The molecule has 0 rings (SSSR count). The summed E-state index contributed by atoms with van der Waals surface area (Å²) in [6.07, 6.45) is -2.64. The van der Waals surface area contributed by atoms with Crippen molar-refractivity contribution in [1.29, 1.82) is 0 Å². The Bertz CT molecular complexity index is 180. The fourth-order valence-electron chi connectivity index (χ4n) is 0.699. The van der Waals surface area contributed by atoms with E-state index in [1.54, 1.807) is 0 Å². The quantitative estimate of drug-likeness (QED) is 0.476. The number of aliphatic hydroxyl groups excluding tert-OH is 2. The molecule has 0 aliphatic heterocycles. The van der Waals surface area contributed by atoms with Crippen LogP contribution < -0.4 is 5.73 Å². The zero-order valence-corrected chi connectivity index (χ0v) is 6.86. The van der Waals surface area contributed by atoms with Gasteiger partial charge in [-0.15, -0.1) is 0 Å². The Morgan fingerprint density at radius 3 is 2.25 bits per heavy atom. The number of hydrogen-bond donors (Lipinski definition) is 3. The third-order valence-corrected chi connectivity index (χ3v) is 1.45. The number of carbonyl (C=O) groups excluding carboxylic acids is 2. The van der Waals surface area contributed by atoms with E-state index in [9.17, 15) is 9.59 Å². The highest BCUT2D eigenvalue weighted by atomic mass is 16.3. The summed E-state index contributed by atoms with van der Waals surface area (Å²) in [7, 11) is 0. The van der Waals surface area contributed by atoms with Gasteiger partial charge in [0.2, 0.25) is 5.91 Å². The van der Waals surface area contributed by atoms with E-state index in [-0.39, 0.29) is 18.6 Å². The third-order valence-electron chi connectivity index (χ3n) is 1.45. The number of amides is 1. The van der Waals surface area contributed by atoms with Crippen LogP contribution in [0, 0.1) is 0 Å². The van der Waals surface area contributed by atoms with Crippen LogP contribution in [0.15, 0.2) is 0 Å². The maximum atomic E-state index is 10.4. The predicted molar refractivity (Wildman–Crippen MR) is 41.1 cm³/mol. The van der Waals surface area contributed by atoms with Crippen LogP contribution in [-0.2, 0) is 9.59 Å². The van der Waals surface area contributed by atoms with Crippen LogP contribution in [0.2, 0.25) is 0 Å². The average Bonchev–Trinajstić information content (AvgIpc) is 1.98. The second-order valence-corrected chi connectivity index (χ2v) is 2.66. The summed E-state index contributed by atoms with van der Waals surface area (Å²) < 4.78 is 0. The van der Waals surface area contributed by atoms with Gasteiger partial charge < -0.3 is 20.7 Å². The zero-order chi connectivity index (χ0) is 9.72. The highest BCUT2D eigenvalue weighted by molar-refractivity contribution is 5.79. The molecular formula is C7H13NO4. The van der Waals surface area contributed by atoms with Crippen LogP contribution in [0.25, 0.3) is 0 Å². The first-order chi connectivity index (χ1) is 5.45. The number of Topliss-reactive ketones (excluding diaryl/α,β-unsaturated/α-hetero) is 1. The summed E-state index contributed by atoms with van der Waals surface area (Å²) in [6.45, 7) is 1.36. The molecule has 0 bridgehead atoms. The second kappa shape index (κ2) is 4.84. The molecule has 0 spiro atoms. The van der Waals surface area contributed by atoms with Gasteiger partial charge in [0.25, 0.3) is 0 Å². The van der Waals surface area contributed by atoms with Crippen LogP contribution in [0.4, 0.5) is 0 Å². The molecule has 5 nitrogen and oxygen atoms in total. The van der Waals surface area contributed by atoms with Gasteiger partial charge >= 0.3 is 0 Å². The van der Waals surface area contributed by atoms with Crippen molar-refractivity contribution in [2.45, 2.75) is 32.0 Å². The van der Waals surface area contributed by atoms with Gasteiger partial charge in [0, 0.05) is 6.42 Å². The lowest BCUT2D eigenvalue weighted by molar-refractivity contribution is -0.132. The molecule has 5 heteroatoms. The average molecular weight is 175 g/mol. The van der Waals surface area contributed by atoms with Gasteiger partial charge in [-0.3, -0.25) is 4.79 Å². The third kappa shape index (κ3) is 4.05. The molecule has 0 radical (unpaired) electrons. The maximum absolute atomic E-state index is 10.4. The molecule has 0 saturated carbocycles. The van der Waals surface area contributed by atoms with Crippen LogP contribution in [0.5, 0.6) is 0 Å². The van der Waals surface area contributed by atoms with Crippen molar-refractivity contribution in [3.05, 3.63) is 0 Å². The number of ketones is 1. The van der Waals surface area contributed by atoms with Crippen LogP contribution in [-0.4, -0.2) is 34.1 Å². The number of primary amides is 1. The first kappa shape index (κ1) is 11.1. The number of nitrogens with two attached hydrogens (primary N) is 1. The highest BCUT2D eigenvalue weighted by Crippen LogP contribution is 2.02. The van der Waals surface area contributed by atoms with E-state index >= 15 is 0 Å². The molecule has 12 heavy (non-hydrogen) atoms. The standard InChI is InChI=1S/C7H13NO4/c1-4(9)2-3-5(10)6(11)7(8)12/h5-6,10-11H,2-3H2,1H3,(H2,8,12). The molecule has 1 amide bonds. The Labute approximate surface area is 70.2 Å². The minimum atomic E-state index is -1.58. The van der Waals surface area contributed by atoms with E-state index in [4.69, 9.17) is 15.9 Å². The maximum Gasteiger partial charge on any atom is 0.248 e. The number of rotatable bonds is 5. The van der Waals surface area contributed by atoms with Gasteiger partial charge in [-0.25, -0.2) is 0 Å². The summed E-state index contributed by atoms with van der Waals surface area (Å²) in [5, 5.41) is 17.9. The fourth-order valence-corrected chi connectivity index (χ4v) is 0.699. The highest BCUT2D eigenvalue weighted by Gasteiger charge is 2.21. The molecule has 70 valence electrons. The van der Waals surface area contributed by atoms with Gasteiger partial charge in [-0.2, -0.15) is 0 Å². The van der Waals surface area contributed by atoms with Gasteiger partial charge in [0.1, 0.15) is 5.78 Å². The SMILES string of the molecule is CC(=O)CCC(O)C(O)C(N)=O. The van der Waals surface area contributed by atoms with E-state index in [1.807, 2.05) is 0 Å². The lowest BCUT2D eigenvalue weighted by Gasteiger charge is -2.13. The molecule has 0 aliphatic rings. The van der Waals surface area contributed by atoms with E-state index < -0.39 is 18.1 Å². The Balaban J connectivity index is 3.79. The van der Waals surface area contributed by atoms with E-state index in [0.29, 0.717) is 0 Å². The summed E-state index contributed by atoms with van der Waals surface area (Å²) in [4.78, 5) is 20.7. The van der Waals surface area contributed by atoms with Crippen molar-refractivity contribution >= 4 is 11.7 Å². The van der Waals surface area contributed by atoms with Crippen LogP contribution >= 0.6 is 0 Å². The monoisotopic (exact) mass is 175 g/mol. The minimum absolute atomic E-state index is 0.0550. The lowest BCUT2D eigenvalue weighted by atomic mass is 10.1. The molecule has 0 aromatic rings. The summed E-state index contributed by atoms with van der Waals surface area (Å²) >= 11 is 0. The Morgan fingerprint density at radius 2 is 1.92 bits per heavy atom. The van der Waals surface area contributed by atoms with Crippen molar-refractivity contribution in [2.24, 2.45) is 5.73 Å². The molecule has 2 atom stereocenters. The molecular weight excluding hydrogens is 162 g/mol. The molecule has 0 aromatic heterocycles. The first-order valence-electron chi connectivity index (χ1n) is 3.60. The summed E-state index contributed by atoms with van der Waals surface area (Å²) in [6, 6.07) is 0. The number of carbonyl (C=O) groups is 2. The number of hydrogen-bond acceptors (Lipinski definition) is 4. The summed E-state index contributed by atoms with van der Waals surface area (Å²) in [5.74, 6) is -1.09. The largest absolute Gasteiger partial charge is 0.390 e. The Morgan fingerprint density at radius 1 is 1.42 bits per heavy atom. The molecule has 0 aromatic carbocycles. The first-order valence-corrected chi connectivity index (χ1v) is 3.60. The number of aliphatic hydroxyl groups is 2. The Kier molecular flexibility index (Phi) is 4.46. The predicted octanol–water partition coefficient (Wildman–Crippen LogP) is -1.44. The molecule has 0 aliphatic carbocycles. The minimum Gasteiger partial charge on any atom is -0.390 e. The van der Waals surface area contributed by atoms with Crippen LogP contribution in [0.3, 0.4) is 0 Å². The second-order valence-electron chi connectivity index (χ2n) is 2.66. The van der Waals surface area contributed by atoms with E-state index in [2.05, 4.69) is 0 Å². The molecule has 0 saturated heterocycles. The van der Waals surface area contributed by atoms with Gasteiger partial charge in [0.15, 0.2) is 6.10 Å². The topological polar surface area (TPSA) is 101 Å². The lowest BCUT2D eigenvalue weighted by Crippen LogP contribution is -2.38. The van der Waals surface area contributed by atoms with Crippen LogP contribution in [0.1, 0.15) is 19.8 Å². The van der Waals surface area contributed by atoms with Crippen molar-refractivity contribution in [3.8, 4) is 0 Å². The molecule has 0 fully saturated rings. The zero-order valence-electron chi connectivity index (χ0n) is 6.86. The van der Waals surface area contributed by atoms with E-state index in [1.165, 1.54) is 6.92 Å².